The highest BCUT2D eigenvalue weighted by atomic mass is 16.5. The predicted octanol–water partition coefficient (Wildman–Crippen LogP) is 2.17. The van der Waals surface area contributed by atoms with E-state index in [0.29, 0.717) is 12.3 Å². The van der Waals surface area contributed by atoms with Crippen LogP contribution in [0, 0.1) is 0 Å². The first kappa shape index (κ1) is 11.5. The number of pyridine rings is 1. The van der Waals surface area contributed by atoms with Crippen molar-refractivity contribution in [2.45, 2.75) is 6.61 Å². The van der Waals surface area contributed by atoms with Crippen LogP contribution in [-0.2, 0) is 16.1 Å². The SMILES string of the molecule is COCc1cc2ccccc2nc1C(=O)OC. The molecule has 0 aliphatic carbocycles. The van der Waals surface area contributed by atoms with Gasteiger partial charge in [-0.25, -0.2) is 9.78 Å². The first-order valence-electron chi connectivity index (χ1n) is 5.22. The maximum absolute atomic E-state index is 11.6. The Balaban J connectivity index is 2.61. The van der Waals surface area contributed by atoms with Crippen molar-refractivity contribution in [2.24, 2.45) is 0 Å². The van der Waals surface area contributed by atoms with Crippen LogP contribution in [0.4, 0.5) is 0 Å². The Morgan fingerprint density at radius 1 is 1.29 bits per heavy atom. The molecule has 0 aliphatic rings. The number of rotatable bonds is 3. The molecule has 0 saturated heterocycles. The molecule has 17 heavy (non-hydrogen) atoms. The molecule has 4 nitrogen and oxygen atoms in total. The van der Waals surface area contributed by atoms with Crippen molar-refractivity contribution >= 4 is 16.9 Å². The van der Waals surface area contributed by atoms with Gasteiger partial charge in [0.2, 0.25) is 0 Å². The molecule has 2 rings (SSSR count). The van der Waals surface area contributed by atoms with Gasteiger partial charge < -0.3 is 9.47 Å². The Morgan fingerprint density at radius 3 is 2.76 bits per heavy atom. The van der Waals surface area contributed by atoms with E-state index in [1.54, 1.807) is 7.11 Å². The molecule has 0 atom stereocenters. The third-order valence-corrected chi connectivity index (χ3v) is 2.48. The van der Waals surface area contributed by atoms with Gasteiger partial charge in [-0.1, -0.05) is 18.2 Å². The molecular formula is C13H13NO3. The van der Waals surface area contributed by atoms with Gasteiger partial charge in [0.15, 0.2) is 5.69 Å². The first-order chi connectivity index (χ1) is 8.26. The second-order valence-electron chi connectivity index (χ2n) is 3.61. The van der Waals surface area contributed by atoms with Gasteiger partial charge in [-0.2, -0.15) is 0 Å². The number of para-hydroxylation sites is 1. The second kappa shape index (κ2) is 4.93. The largest absolute Gasteiger partial charge is 0.464 e. The molecule has 0 saturated carbocycles. The average molecular weight is 231 g/mol. The number of methoxy groups -OCH3 is 2. The Morgan fingerprint density at radius 2 is 2.06 bits per heavy atom. The predicted molar refractivity (Wildman–Crippen MR) is 63.8 cm³/mol. The molecule has 88 valence electrons. The van der Waals surface area contributed by atoms with Crippen LogP contribution in [0.1, 0.15) is 16.1 Å². The minimum Gasteiger partial charge on any atom is -0.464 e. The average Bonchev–Trinajstić information content (AvgIpc) is 2.37. The minimum absolute atomic E-state index is 0.313. The van der Waals surface area contributed by atoms with Crippen LogP contribution in [0.2, 0.25) is 0 Å². The van der Waals surface area contributed by atoms with Gasteiger partial charge in [0.25, 0.3) is 0 Å². The fourth-order valence-electron chi connectivity index (χ4n) is 1.70. The molecule has 0 fully saturated rings. The summed E-state index contributed by atoms with van der Waals surface area (Å²) in [5.74, 6) is -0.442. The summed E-state index contributed by atoms with van der Waals surface area (Å²) in [5, 5.41) is 0.979. The van der Waals surface area contributed by atoms with Crippen molar-refractivity contribution in [3.8, 4) is 0 Å². The number of hydrogen-bond acceptors (Lipinski definition) is 4. The Kier molecular flexibility index (Phi) is 3.35. The van der Waals surface area contributed by atoms with Crippen molar-refractivity contribution in [3.63, 3.8) is 0 Å². The van der Waals surface area contributed by atoms with E-state index in [1.807, 2.05) is 30.3 Å². The van der Waals surface area contributed by atoms with Crippen molar-refractivity contribution in [2.75, 3.05) is 14.2 Å². The number of carbonyl (C=O) groups excluding carboxylic acids is 1. The fraction of sp³-hybridized carbons (Fsp3) is 0.231. The summed E-state index contributed by atoms with van der Waals surface area (Å²) in [6, 6.07) is 9.52. The highest BCUT2D eigenvalue weighted by molar-refractivity contribution is 5.92. The number of carbonyl (C=O) groups is 1. The molecule has 0 radical (unpaired) electrons. The molecule has 0 aliphatic heterocycles. The summed E-state index contributed by atoms with van der Waals surface area (Å²) in [5.41, 5.74) is 1.82. The second-order valence-corrected chi connectivity index (χ2v) is 3.61. The van der Waals surface area contributed by atoms with E-state index in [-0.39, 0.29) is 0 Å². The van der Waals surface area contributed by atoms with Gasteiger partial charge in [-0.05, 0) is 12.1 Å². The summed E-state index contributed by atoms with van der Waals surface area (Å²) in [7, 11) is 2.92. The monoisotopic (exact) mass is 231 g/mol. The van der Waals surface area contributed by atoms with Crippen LogP contribution in [0.3, 0.4) is 0 Å². The van der Waals surface area contributed by atoms with Gasteiger partial charge in [-0.15, -0.1) is 0 Å². The normalized spacial score (nSPS) is 10.5. The maximum Gasteiger partial charge on any atom is 0.357 e. The van der Waals surface area contributed by atoms with Gasteiger partial charge in [0.05, 0.1) is 19.2 Å². The smallest absolute Gasteiger partial charge is 0.357 e. The van der Waals surface area contributed by atoms with Gasteiger partial charge in [-0.3, -0.25) is 0 Å². The van der Waals surface area contributed by atoms with Crippen molar-refractivity contribution in [3.05, 3.63) is 41.6 Å². The van der Waals surface area contributed by atoms with Crippen LogP contribution in [-0.4, -0.2) is 25.2 Å². The molecule has 1 aromatic heterocycles. The summed E-state index contributed by atoms with van der Waals surface area (Å²) in [6.45, 7) is 0.336. The minimum atomic E-state index is -0.442. The van der Waals surface area contributed by atoms with Crippen LogP contribution in [0.5, 0.6) is 0 Å². The van der Waals surface area contributed by atoms with E-state index in [1.165, 1.54) is 7.11 Å². The zero-order chi connectivity index (χ0) is 12.3. The number of esters is 1. The van der Waals surface area contributed by atoms with Crippen LogP contribution < -0.4 is 0 Å². The van der Waals surface area contributed by atoms with Crippen LogP contribution in [0.15, 0.2) is 30.3 Å². The number of ether oxygens (including phenoxy) is 2. The van der Waals surface area contributed by atoms with Crippen molar-refractivity contribution < 1.29 is 14.3 Å². The lowest BCUT2D eigenvalue weighted by Gasteiger charge is -2.08. The molecular weight excluding hydrogens is 218 g/mol. The number of nitrogens with zero attached hydrogens (tertiary/aromatic N) is 1. The maximum atomic E-state index is 11.6. The molecule has 0 bridgehead atoms. The van der Waals surface area contributed by atoms with Crippen LogP contribution >= 0.6 is 0 Å². The van der Waals surface area contributed by atoms with Gasteiger partial charge >= 0.3 is 5.97 Å². The van der Waals surface area contributed by atoms with Gasteiger partial charge in [0, 0.05) is 18.1 Å². The quantitative estimate of drug-likeness (QED) is 0.759. The molecule has 4 heteroatoms. The molecule has 2 aromatic rings. The Labute approximate surface area is 99.2 Å². The van der Waals surface area contributed by atoms with Crippen molar-refractivity contribution in [1.82, 2.24) is 4.98 Å². The first-order valence-corrected chi connectivity index (χ1v) is 5.22. The molecule has 1 heterocycles. The van der Waals surface area contributed by atoms with E-state index in [2.05, 4.69) is 4.98 Å². The van der Waals surface area contributed by atoms with E-state index in [9.17, 15) is 4.79 Å². The van der Waals surface area contributed by atoms with E-state index >= 15 is 0 Å². The lowest BCUT2D eigenvalue weighted by molar-refractivity contribution is 0.0589. The molecule has 0 unspecified atom stereocenters. The number of hydrogen-bond donors (Lipinski definition) is 0. The van der Waals surface area contributed by atoms with E-state index in [0.717, 1.165) is 16.5 Å². The topological polar surface area (TPSA) is 48.4 Å². The third-order valence-electron chi connectivity index (χ3n) is 2.48. The standard InChI is InChI=1S/C13H13NO3/c1-16-8-10-7-9-5-3-4-6-11(9)14-12(10)13(15)17-2/h3-7H,8H2,1-2H3. The highest BCUT2D eigenvalue weighted by Crippen LogP contribution is 2.18. The highest BCUT2D eigenvalue weighted by Gasteiger charge is 2.14. The number of fused-ring (bicyclic) bond motifs is 1. The summed E-state index contributed by atoms with van der Waals surface area (Å²) in [6.07, 6.45) is 0. The zero-order valence-electron chi connectivity index (χ0n) is 9.77. The summed E-state index contributed by atoms with van der Waals surface area (Å²) >= 11 is 0. The van der Waals surface area contributed by atoms with Crippen LogP contribution in [0.25, 0.3) is 10.9 Å². The Bertz CT molecular complexity index is 551. The fourth-order valence-corrected chi connectivity index (χ4v) is 1.70. The number of aromatic nitrogens is 1. The van der Waals surface area contributed by atoms with E-state index in [4.69, 9.17) is 9.47 Å². The molecule has 0 spiro atoms. The Hall–Kier alpha value is -1.94. The molecule has 1 aromatic carbocycles. The van der Waals surface area contributed by atoms with E-state index < -0.39 is 5.97 Å². The third kappa shape index (κ3) is 2.26. The molecule has 0 N–H and O–H groups in total. The lowest BCUT2D eigenvalue weighted by atomic mass is 10.1. The van der Waals surface area contributed by atoms with Gasteiger partial charge in [0.1, 0.15) is 0 Å². The summed E-state index contributed by atoms with van der Waals surface area (Å²) < 4.78 is 9.78. The molecule has 0 amide bonds. The van der Waals surface area contributed by atoms with Crippen molar-refractivity contribution in [1.29, 1.82) is 0 Å². The lowest BCUT2D eigenvalue weighted by Crippen LogP contribution is -2.09. The zero-order valence-corrected chi connectivity index (χ0v) is 9.77. The number of benzene rings is 1. The summed E-state index contributed by atoms with van der Waals surface area (Å²) in [4.78, 5) is 15.9.